The van der Waals surface area contributed by atoms with Gasteiger partial charge >= 0.3 is 0 Å². The van der Waals surface area contributed by atoms with Gasteiger partial charge in [-0.25, -0.2) is 4.39 Å². The highest BCUT2D eigenvalue weighted by Gasteiger charge is 2.41. The normalized spacial score (nSPS) is 33.8. The van der Waals surface area contributed by atoms with Gasteiger partial charge in [-0.15, -0.1) is 0 Å². The van der Waals surface area contributed by atoms with E-state index in [0.717, 1.165) is 32.6 Å². The third-order valence-corrected chi connectivity index (χ3v) is 4.62. The quantitative estimate of drug-likeness (QED) is 0.737. The SMILES string of the molecule is CCC(C)(C)C1CCN(C2COC2)CC1F. The molecular weight excluding hydrogens is 205 g/mol. The topological polar surface area (TPSA) is 12.5 Å². The van der Waals surface area contributed by atoms with E-state index in [1.54, 1.807) is 0 Å². The van der Waals surface area contributed by atoms with Crippen molar-refractivity contribution in [3.05, 3.63) is 0 Å². The van der Waals surface area contributed by atoms with Crippen LogP contribution in [-0.4, -0.2) is 43.4 Å². The smallest absolute Gasteiger partial charge is 0.116 e. The summed E-state index contributed by atoms with van der Waals surface area (Å²) in [6.07, 6.45) is 1.40. The van der Waals surface area contributed by atoms with Crippen LogP contribution in [0.4, 0.5) is 4.39 Å². The number of alkyl halides is 1. The number of ether oxygens (including phenoxy) is 1. The summed E-state index contributed by atoms with van der Waals surface area (Å²) in [6, 6.07) is 0.490. The van der Waals surface area contributed by atoms with E-state index in [0.29, 0.717) is 12.6 Å². The highest BCUT2D eigenvalue weighted by molar-refractivity contribution is 4.92. The standard InChI is InChI=1S/C13H24FNO/c1-4-13(2,3)11-5-6-15(7-12(11)14)10-8-16-9-10/h10-12H,4-9H2,1-3H3. The monoisotopic (exact) mass is 229 g/mol. The number of hydrogen-bond donors (Lipinski definition) is 0. The second-order valence-corrected chi connectivity index (χ2v) is 5.94. The lowest BCUT2D eigenvalue weighted by atomic mass is 9.71. The van der Waals surface area contributed by atoms with Crippen LogP contribution in [0.2, 0.25) is 0 Å². The predicted molar refractivity (Wildman–Crippen MR) is 63.3 cm³/mol. The van der Waals surface area contributed by atoms with E-state index in [9.17, 15) is 4.39 Å². The highest BCUT2D eigenvalue weighted by atomic mass is 19.1. The molecule has 2 unspecified atom stereocenters. The Morgan fingerprint density at radius 1 is 1.38 bits per heavy atom. The number of likely N-dealkylation sites (tertiary alicyclic amines) is 1. The van der Waals surface area contributed by atoms with Crippen molar-refractivity contribution in [2.75, 3.05) is 26.3 Å². The molecule has 0 bridgehead atoms. The number of halogens is 1. The lowest BCUT2D eigenvalue weighted by Gasteiger charge is -2.46. The van der Waals surface area contributed by atoms with Gasteiger partial charge in [0.2, 0.25) is 0 Å². The molecule has 2 nitrogen and oxygen atoms in total. The summed E-state index contributed by atoms with van der Waals surface area (Å²) in [7, 11) is 0. The van der Waals surface area contributed by atoms with Crippen molar-refractivity contribution in [2.24, 2.45) is 11.3 Å². The molecule has 16 heavy (non-hydrogen) atoms. The van der Waals surface area contributed by atoms with Crippen LogP contribution in [0, 0.1) is 11.3 Å². The molecule has 0 aromatic rings. The zero-order chi connectivity index (χ0) is 11.8. The van der Waals surface area contributed by atoms with E-state index >= 15 is 0 Å². The maximum absolute atomic E-state index is 14.2. The Hall–Kier alpha value is -0.150. The molecule has 0 saturated carbocycles. The summed E-state index contributed by atoms with van der Waals surface area (Å²) >= 11 is 0. The van der Waals surface area contributed by atoms with Crippen molar-refractivity contribution >= 4 is 0 Å². The molecule has 2 atom stereocenters. The lowest BCUT2D eigenvalue weighted by molar-refractivity contribution is -0.0949. The molecule has 2 aliphatic heterocycles. The van der Waals surface area contributed by atoms with Gasteiger partial charge in [-0.2, -0.15) is 0 Å². The Morgan fingerprint density at radius 3 is 2.50 bits per heavy atom. The molecule has 2 aliphatic rings. The van der Waals surface area contributed by atoms with Crippen LogP contribution in [0.5, 0.6) is 0 Å². The fraction of sp³-hybridized carbons (Fsp3) is 1.00. The first-order valence-corrected chi connectivity index (χ1v) is 6.50. The molecular formula is C13H24FNO. The molecule has 0 aliphatic carbocycles. The Balaban J connectivity index is 1.92. The maximum atomic E-state index is 14.2. The minimum absolute atomic E-state index is 0.140. The minimum Gasteiger partial charge on any atom is -0.378 e. The Morgan fingerprint density at radius 2 is 2.06 bits per heavy atom. The molecule has 2 saturated heterocycles. The van der Waals surface area contributed by atoms with Gasteiger partial charge in [0.15, 0.2) is 0 Å². The van der Waals surface area contributed by atoms with Gasteiger partial charge in [0.05, 0.1) is 19.3 Å². The zero-order valence-electron chi connectivity index (χ0n) is 10.7. The van der Waals surface area contributed by atoms with Gasteiger partial charge in [-0.3, -0.25) is 4.90 Å². The molecule has 0 N–H and O–H groups in total. The van der Waals surface area contributed by atoms with E-state index < -0.39 is 6.17 Å². The second kappa shape index (κ2) is 4.61. The number of hydrogen-bond acceptors (Lipinski definition) is 2. The largest absolute Gasteiger partial charge is 0.378 e. The average Bonchev–Trinajstić information content (AvgIpc) is 2.15. The predicted octanol–water partition coefficient (Wildman–Crippen LogP) is 2.48. The van der Waals surface area contributed by atoms with Crippen molar-refractivity contribution in [3.8, 4) is 0 Å². The fourth-order valence-electron chi connectivity index (χ4n) is 2.84. The van der Waals surface area contributed by atoms with Crippen LogP contribution < -0.4 is 0 Å². The van der Waals surface area contributed by atoms with Crippen LogP contribution in [0.15, 0.2) is 0 Å². The van der Waals surface area contributed by atoms with Crippen LogP contribution in [0.25, 0.3) is 0 Å². The Labute approximate surface area is 98.1 Å². The minimum atomic E-state index is -0.663. The number of piperidine rings is 1. The van der Waals surface area contributed by atoms with Crippen molar-refractivity contribution in [3.63, 3.8) is 0 Å². The summed E-state index contributed by atoms with van der Waals surface area (Å²) < 4.78 is 19.4. The van der Waals surface area contributed by atoms with Crippen LogP contribution in [-0.2, 0) is 4.74 Å². The highest BCUT2D eigenvalue weighted by Crippen LogP contribution is 2.39. The zero-order valence-corrected chi connectivity index (χ0v) is 10.7. The summed E-state index contributed by atoms with van der Waals surface area (Å²) in [4.78, 5) is 2.27. The molecule has 2 heterocycles. The third kappa shape index (κ3) is 2.25. The summed E-state index contributed by atoms with van der Waals surface area (Å²) in [6.45, 7) is 9.82. The second-order valence-electron chi connectivity index (χ2n) is 5.94. The van der Waals surface area contributed by atoms with E-state index in [1.165, 1.54) is 0 Å². The van der Waals surface area contributed by atoms with Crippen molar-refractivity contribution < 1.29 is 9.13 Å². The lowest BCUT2D eigenvalue weighted by Crippen LogP contribution is -2.56. The van der Waals surface area contributed by atoms with Gasteiger partial charge in [0.25, 0.3) is 0 Å². The van der Waals surface area contributed by atoms with Crippen molar-refractivity contribution in [1.29, 1.82) is 0 Å². The first kappa shape index (κ1) is 12.3. The Bertz CT molecular complexity index is 240. The van der Waals surface area contributed by atoms with Gasteiger partial charge < -0.3 is 4.74 Å². The van der Waals surface area contributed by atoms with Crippen molar-refractivity contribution in [2.45, 2.75) is 45.8 Å². The van der Waals surface area contributed by atoms with E-state index in [1.807, 2.05) is 0 Å². The average molecular weight is 229 g/mol. The molecule has 0 aromatic carbocycles. The first-order valence-electron chi connectivity index (χ1n) is 6.50. The fourth-order valence-corrected chi connectivity index (χ4v) is 2.84. The first-order chi connectivity index (χ1) is 7.54. The van der Waals surface area contributed by atoms with Crippen LogP contribution >= 0.6 is 0 Å². The number of rotatable bonds is 3. The summed E-state index contributed by atoms with van der Waals surface area (Å²) in [5.41, 5.74) is 0.140. The van der Waals surface area contributed by atoms with Crippen LogP contribution in [0.1, 0.15) is 33.6 Å². The molecule has 0 aromatic heterocycles. The van der Waals surface area contributed by atoms with Crippen LogP contribution in [0.3, 0.4) is 0 Å². The molecule has 2 fully saturated rings. The molecule has 3 heteroatoms. The van der Waals surface area contributed by atoms with E-state index in [2.05, 4.69) is 25.7 Å². The van der Waals surface area contributed by atoms with Gasteiger partial charge in [0, 0.05) is 6.54 Å². The summed E-state index contributed by atoms with van der Waals surface area (Å²) in [5.74, 6) is 0.231. The van der Waals surface area contributed by atoms with Crippen molar-refractivity contribution in [1.82, 2.24) is 4.90 Å². The molecule has 0 amide bonds. The molecule has 0 radical (unpaired) electrons. The maximum Gasteiger partial charge on any atom is 0.116 e. The van der Waals surface area contributed by atoms with E-state index in [4.69, 9.17) is 4.74 Å². The number of nitrogens with zero attached hydrogens (tertiary/aromatic N) is 1. The molecule has 94 valence electrons. The van der Waals surface area contributed by atoms with E-state index in [-0.39, 0.29) is 11.3 Å². The third-order valence-electron chi connectivity index (χ3n) is 4.62. The Kier molecular flexibility index (Phi) is 3.55. The van der Waals surface area contributed by atoms with Gasteiger partial charge in [0.1, 0.15) is 6.17 Å². The van der Waals surface area contributed by atoms with Gasteiger partial charge in [-0.05, 0) is 24.3 Å². The molecule has 2 rings (SSSR count). The van der Waals surface area contributed by atoms with Gasteiger partial charge in [-0.1, -0.05) is 27.2 Å². The molecule has 0 spiro atoms. The summed E-state index contributed by atoms with van der Waals surface area (Å²) in [5, 5.41) is 0.